The Labute approximate surface area is 180 Å². The molecule has 1 aromatic heterocycles. The highest BCUT2D eigenvalue weighted by Gasteiger charge is 2.29. The van der Waals surface area contributed by atoms with Gasteiger partial charge in [-0.2, -0.15) is 0 Å². The third-order valence-electron chi connectivity index (χ3n) is 5.60. The van der Waals surface area contributed by atoms with E-state index in [4.69, 9.17) is 26.8 Å². The van der Waals surface area contributed by atoms with Crippen LogP contribution in [0.4, 0.5) is 11.5 Å². The zero-order valence-corrected chi connectivity index (χ0v) is 17.7. The van der Waals surface area contributed by atoms with Gasteiger partial charge in [0.15, 0.2) is 0 Å². The lowest BCUT2D eigenvalue weighted by atomic mass is 10.0. The van der Waals surface area contributed by atoms with E-state index in [2.05, 4.69) is 20.2 Å². The lowest BCUT2D eigenvalue weighted by molar-refractivity contribution is 0.0115. The predicted molar refractivity (Wildman–Crippen MR) is 115 cm³/mol. The zero-order valence-electron chi connectivity index (χ0n) is 17.0. The fraction of sp³-hybridized carbons (Fsp3) is 0.476. The van der Waals surface area contributed by atoms with Crippen molar-refractivity contribution in [2.75, 3.05) is 43.8 Å². The summed E-state index contributed by atoms with van der Waals surface area (Å²) < 4.78 is 11.4. The molecule has 0 spiro atoms. The van der Waals surface area contributed by atoms with Crippen LogP contribution in [0.25, 0.3) is 0 Å². The molecule has 4 rings (SSSR count). The van der Waals surface area contributed by atoms with Crippen molar-refractivity contribution >= 4 is 29.1 Å². The number of carbonyl (C=O) groups excluding carboxylic acids is 1. The summed E-state index contributed by atoms with van der Waals surface area (Å²) in [5.41, 5.74) is 8.55. The van der Waals surface area contributed by atoms with Crippen molar-refractivity contribution in [3.05, 3.63) is 40.3 Å². The third kappa shape index (κ3) is 4.44. The molecule has 30 heavy (non-hydrogen) atoms. The lowest BCUT2D eigenvalue weighted by Gasteiger charge is -2.31. The van der Waals surface area contributed by atoms with Gasteiger partial charge < -0.3 is 25.4 Å². The number of nitrogen functional groups attached to an aromatic ring is 1. The van der Waals surface area contributed by atoms with Gasteiger partial charge in [-0.15, -0.1) is 0 Å². The molecule has 2 aromatic rings. The van der Waals surface area contributed by atoms with Crippen molar-refractivity contribution in [3.8, 4) is 5.75 Å². The van der Waals surface area contributed by atoms with E-state index in [1.54, 1.807) is 18.5 Å². The summed E-state index contributed by atoms with van der Waals surface area (Å²) in [5, 5.41) is 3.69. The van der Waals surface area contributed by atoms with Crippen molar-refractivity contribution in [3.63, 3.8) is 0 Å². The zero-order chi connectivity index (χ0) is 21.1. The Morgan fingerprint density at radius 1 is 1.37 bits per heavy atom. The topological polar surface area (TPSA) is 103 Å². The van der Waals surface area contributed by atoms with E-state index in [1.807, 2.05) is 6.92 Å². The van der Waals surface area contributed by atoms with Crippen LogP contribution in [0.2, 0.25) is 5.02 Å². The van der Waals surface area contributed by atoms with Crippen LogP contribution in [0, 0.1) is 6.92 Å². The van der Waals surface area contributed by atoms with Crippen LogP contribution < -0.4 is 15.8 Å². The number of nitrogens with two attached hydrogens (primary N) is 1. The molecule has 0 amide bonds. The number of anilines is 2. The number of halogens is 1. The maximum atomic E-state index is 12.7. The fourth-order valence-electron chi connectivity index (χ4n) is 3.90. The number of nitrogens with one attached hydrogen (secondary N) is 1. The Kier molecular flexibility index (Phi) is 6.24. The van der Waals surface area contributed by atoms with Crippen LogP contribution in [0.3, 0.4) is 0 Å². The maximum absolute atomic E-state index is 12.7. The van der Waals surface area contributed by atoms with Crippen LogP contribution in [-0.4, -0.2) is 59.7 Å². The van der Waals surface area contributed by atoms with Crippen LogP contribution in [0.5, 0.6) is 5.75 Å². The average molecular weight is 432 g/mol. The summed E-state index contributed by atoms with van der Waals surface area (Å²) in [6.07, 6.45) is 5.50. The molecule has 2 aliphatic rings. The average Bonchev–Trinajstić information content (AvgIpc) is 3.23. The molecule has 1 fully saturated rings. The molecule has 8 nitrogen and oxygen atoms in total. The molecule has 1 saturated heterocycles. The number of piperidine rings is 1. The van der Waals surface area contributed by atoms with Crippen molar-refractivity contribution in [2.45, 2.75) is 32.3 Å². The summed E-state index contributed by atoms with van der Waals surface area (Å²) in [6.45, 7) is 5.86. The van der Waals surface area contributed by atoms with Crippen LogP contribution in [0.15, 0.2) is 18.5 Å². The Morgan fingerprint density at radius 2 is 2.13 bits per heavy atom. The summed E-state index contributed by atoms with van der Waals surface area (Å²) in [7, 11) is 0. The molecule has 0 atom stereocenters. The third-order valence-corrected chi connectivity index (χ3v) is 5.91. The first kappa shape index (κ1) is 20.7. The van der Waals surface area contributed by atoms with Crippen molar-refractivity contribution in [1.29, 1.82) is 0 Å². The normalized spacial score (nSPS) is 16.7. The largest absolute Gasteiger partial charge is 0.492 e. The molecule has 0 unspecified atom stereocenters. The van der Waals surface area contributed by atoms with E-state index in [0.717, 1.165) is 56.1 Å². The predicted octanol–water partition coefficient (Wildman–Crippen LogP) is 2.69. The number of carbonyl (C=O) groups is 1. The van der Waals surface area contributed by atoms with E-state index in [1.165, 1.54) is 0 Å². The van der Waals surface area contributed by atoms with Crippen LogP contribution in [0.1, 0.15) is 34.5 Å². The number of esters is 1. The first-order valence-corrected chi connectivity index (χ1v) is 10.6. The van der Waals surface area contributed by atoms with E-state index in [0.29, 0.717) is 35.1 Å². The minimum atomic E-state index is -0.395. The van der Waals surface area contributed by atoms with E-state index >= 15 is 0 Å². The fourth-order valence-corrected chi connectivity index (χ4v) is 4.12. The highest BCUT2D eigenvalue weighted by Crippen LogP contribution is 2.39. The van der Waals surface area contributed by atoms with Crippen molar-refractivity contribution in [2.24, 2.45) is 0 Å². The quantitative estimate of drug-likeness (QED) is 0.531. The Morgan fingerprint density at radius 3 is 2.90 bits per heavy atom. The first-order valence-electron chi connectivity index (χ1n) is 10.2. The van der Waals surface area contributed by atoms with Gasteiger partial charge in [-0.3, -0.25) is 4.98 Å². The van der Waals surface area contributed by atoms with Gasteiger partial charge in [0, 0.05) is 50.6 Å². The number of ether oxygens (including phenoxy) is 2. The number of likely N-dealkylation sites (tertiary alicyclic amines) is 1. The molecular weight excluding hydrogens is 406 g/mol. The highest BCUT2D eigenvalue weighted by molar-refractivity contribution is 6.33. The van der Waals surface area contributed by atoms with Gasteiger partial charge in [-0.1, -0.05) is 11.6 Å². The van der Waals surface area contributed by atoms with Crippen LogP contribution >= 0.6 is 11.6 Å². The van der Waals surface area contributed by atoms with E-state index in [-0.39, 0.29) is 6.10 Å². The maximum Gasteiger partial charge on any atom is 0.342 e. The number of aryl methyl sites for hydroxylation is 1. The molecule has 3 N–H and O–H groups in total. The van der Waals surface area contributed by atoms with Gasteiger partial charge in [0.2, 0.25) is 0 Å². The molecule has 9 heteroatoms. The SMILES string of the molecule is Cc1nccnc1NCCN1CCC(OC(=O)c2cc(Cl)c(N)c3c2OCC3)CC1. The molecule has 0 radical (unpaired) electrons. The molecule has 2 aliphatic heterocycles. The number of benzene rings is 1. The Hall–Kier alpha value is -2.58. The Balaban J connectivity index is 1.26. The monoisotopic (exact) mass is 431 g/mol. The van der Waals surface area contributed by atoms with Gasteiger partial charge in [0.25, 0.3) is 0 Å². The highest BCUT2D eigenvalue weighted by atomic mass is 35.5. The van der Waals surface area contributed by atoms with Gasteiger partial charge >= 0.3 is 5.97 Å². The number of fused-ring (bicyclic) bond motifs is 1. The van der Waals surface area contributed by atoms with Crippen LogP contribution in [-0.2, 0) is 11.2 Å². The first-order chi connectivity index (χ1) is 14.5. The second kappa shape index (κ2) is 9.06. The summed E-state index contributed by atoms with van der Waals surface area (Å²) in [4.78, 5) is 23.6. The molecule has 160 valence electrons. The van der Waals surface area contributed by atoms with Crippen molar-refractivity contribution in [1.82, 2.24) is 14.9 Å². The number of nitrogens with zero attached hydrogens (tertiary/aromatic N) is 3. The van der Waals surface area contributed by atoms with E-state index in [9.17, 15) is 4.79 Å². The molecule has 0 saturated carbocycles. The van der Waals surface area contributed by atoms with Gasteiger partial charge in [-0.25, -0.2) is 9.78 Å². The van der Waals surface area contributed by atoms with Gasteiger partial charge in [-0.05, 0) is 25.8 Å². The van der Waals surface area contributed by atoms with Crippen molar-refractivity contribution < 1.29 is 14.3 Å². The van der Waals surface area contributed by atoms with E-state index < -0.39 is 5.97 Å². The second-order valence-electron chi connectivity index (χ2n) is 7.59. The smallest absolute Gasteiger partial charge is 0.342 e. The molecular formula is C21H26ClN5O3. The Bertz CT molecular complexity index is 931. The summed E-state index contributed by atoms with van der Waals surface area (Å²) >= 11 is 6.20. The number of hydrogen-bond donors (Lipinski definition) is 2. The summed E-state index contributed by atoms with van der Waals surface area (Å²) in [5.74, 6) is 0.941. The molecule has 0 aliphatic carbocycles. The number of rotatable bonds is 6. The summed E-state index contributed by atoms with van der Waals surface area (Å²) in [6, 6.07) is 1.55. The number of hydrogen-bond acceptors (Lipinski definition) is 8. The molecule has 3 heterocycles. The minimum Gasteiger partial charge on any atom is -0.492 e. The second-order valence-corrected chi connectivity index (χ2v) is 8.00. The minimum absolute atomic E-state index is 0.114. The lowest BCUT2D eigenvalue weighted by Crippen LogP contribution is -2.40. The van der Waals surface area contributed by atoms with Gasteiger partial charge in [0.05, 0.1) is 23.0 Å². The molecule has 1 aromatic carbocycles. The van der Waals surface area contributed by atoms with Gasteiger partial charge in [0.1, 0.15) is 23.2 Å². The molecule has 0 bridgehead atoms. The standard InChI is InChI=1S/C21H26ClN5O3/c1-13-20(25-6-5-24-13)26-7-10-27-8-2-14(3-9-27)30-21(28)16-12-17(22)18(23)15-4-11-29-19(15)16/h5-6,12,14H,2-4,7-11,23H2,1H3,(H,25,26). The number of aromatic nitrogens is 2.